The number of ether oxygens (including phenoxy) is 1. The number of hydrogen-bond donors (Lipinski definition) is 2. The molecule has 7 heteroatoms. The molecule has 1 amide bonds. The molecular weight excluding hydrogens is 258 g/mol. The van der Waals surface area contributed by atoms with E-state index in [-0.39, 0.29) is 5.91 Å². The number of aromatic nitrogens is 2. The third kappa shape index (κ3) is 3.80. The highest BCUT2D eigenvalue weighted by atomic mass is 16.5. The van der Waals surface area contributed by atoms with Gasteiger partial charge < -0.3 is 21.1 Å². The van der Waals surface area contributed by atoms with E-state index in [2.05, 4.69) is 14.9 Å². The molecule has 4 N–H and O–H groups in total. The summed E-state index contributed by atoms with van der Waals surface area (Å²) in [4.78, 5) is 21.7. The standard InChI is InChI=1S/C13H21N5O2/c1-20-8-12-16-10(14)7-13(17-12)18-4-2-9(3-5-18)6-11(15)19/h7,9H,2-6,8H2,1H3,(H2,15,19)(H2,14,16,17). The van der Waals surface area contributed by atoms with Crippen LogP contribution in [0.1, 0.15) is 25.1 Å². The molecule has 0 unspecified atom stereocenters. The third-order valence-electron chi connectivity index (χ3n) is 3.48. The summed E-state index contributed by atoms with van der Waals surface area (Å²) in [6.45, 7) is 2.04. The second kappa shape index (κ2) is 6.51. The molecule has 1 aliphatic heterocycles. The summed E-state index contributed by atoms with van der Waals surface area (Å²) >= 11 is 0. The summed E-state index contributed by atoms with van der Waals surface area (Å²) in [5.74, 6) is 2.00. The van der Waals surface area contributed by atoms with Gasteiger partial charge >= 0.3 is 0 Å². The van der Waals surface area contributed by atoms with E-state index in [1.165, 1.54) is 0 Å². The number of amides is 1. The topological polar surface area (TPSA) is 107 Å². The number of hydrogen-bond acceptors (Lipinski definition) is 6. The van der Waals surface area contributed by atoms with Crippen LogP contribution in [-0.2, 0) is 16.1 Å². The van der Waals surface area contributed by atoms with E-state index < -0.39 is 0 Å². The van der Waals surface area contributed by atoms with Crippen LogP contribution in [0.15, 0.2) is 6.07 Å². The zero-order valence-corrected chi connectivity index (χ0v) is 11.7. The predicted octanol–water partition coefficient (Wildman–Crippen LogP) is 0.297. The molecule has 1 aromatic heterocycles. The molecule has 0 atom stereocenters. The van der Waals surface area contributed by atoms with E-state index in [4.69, 9.17) is 16.2 Å². The number of rotatable bonds is 5. The summed E-state index contributed by atoms with van der Waals surface area (Å²) < 4.78 is 5.04. The third-order valence-corrected chi connectivity index (χ3v) is 3.48. The number of carbonyl (C=O) groups excluding carboxylic acids is 1. The minimum absolute atomic E-state index is 0.225. The Hall–Kier alpha value is -1.89. The average molecular weight is 279 g/mol. The zero-order chi connectivity index (χ0) is 14.5. The number of nitrogens with two attached hydrogens (primary N) is 2. The van der Waals surface area contributed by atoms with Crippen LogP contribution in [0.5, 0.6) is 0 Å². The smallest absolute Gasteiger partial charge is 0.217 e. The molecule has 0 aliphatic carbocycles. The molecule has 2 rings (SSSR count). The van der Waals surface area contributed by atoms with Crippen LogP contribution in [0, 0.1) is 5.92 Å². The number of methoxy groups -OCH3 is 1. The summed E-state index contributed by atoms with van der Waals surface area (Å²) in [7, 11) is 1.60. The Morgan fingerprint density at radius 1 is 1.45 bits per heavy atom. The summed E-state index contributed by atoms with van der Waals surface area (Å²) in [6, 6.07) is 1.77. The largest absolute Gasteiger partial charge is 0.384 e. The maximum absolute atomic E-state index is 10.9. The van der Waals surface area contributed by atoms with Gasteiger partial charge in [-0.3, -0.25) is 4.79 Å². The number of anilines is 2. The SMILES string of the molecule is COCc1nc(N)cc(N2CCC(CC(N)=O)CC2)n1. The van der Waals surface area contributed by atoms with Crippen molar-refractivity contribution < 1.29 is 9.53 Å². The van der Waals surface area contributed by atoms with E-state index in [1.54, 1.807) is 13.2 Å². The Morgan fingerprint density at radius 2 is 2.15 bits per heavy atom. The molecule has 0 bridgehead atoms. The van der Waals surface area contributed by atoms with Crippen LogP contribution < -0.4 is 16.4 Å². The van der Waals surface area contributed by atoms with Crippen molar-refractivity contribution in [1.29, 1.82) is 0 Å². The van der Waals surface area contributed by atoms with Crippen LogP contribution in [0.3, 0.4) is 0 Å². The Morgan fingerprint density at radius 3 is 2.75 bits per heavy atom. The molecule has 7 nitrogen and oxygen atoms in total. The van der Waals surface area contributed by atoms with Crippen LogP contribution >= 0.6 is 0 Å². The van der Waals surface area contributed by atoms with Gasteiger partial charge in [0.1, 0.15) is 18.2 Å². The van der Waals surface area contributed by atoms with E-state index in [0.717, 1.165) is 31.7 Å². The van der Waals surface area contributed by atoms with E-state index >= 15 is 0 Å². The van der Waals surface area contributed by atoms with Crippen molar-refractivity contribution in [2.45, 2.75) is 25.9 Å². The van der Waals surface area contributed by atoms with Gasteiger partial charge in [0.05, 0.1) is 0 Å². The van der Waals surface area contributed by atoms with E-state index in [1.807, 2.05) is 0 Å². The maximum Gasteiger partial charge on any atom is 0.217 e. The monoisotopic (exact) mass is 279 g/mol. The Bertz CT molecular complexity index is 472. The fourth-order valence-corrected chi connectivity index (χ4v) is 2.51. The first-order chi connectivity index (χ1) is 9.58. The average Bonchev–Trinajstić information content (AvgIpc) is 2.38. The van der Waals surface area contributed by atoms with Crippen molar-refractivity contribution in [1.82, 2.24) is 9.97 Å². The van der Waals surface area contributed by atoms with Crippen LogP contribution in [0.25, 0.3) is 0 Å². The van der Waals surface area contributed by atoms with Crippen molar-refractivity contribution in [3.05, 3.63) is 11.9 Å². The van der Waals surface area contributed by atoms with E-state index in [9.17, 15) is 4.79 Å². The predicted molar refractivity (Wildman–Crippen MR) is 75.9 cm³/mol. The van der Waals surface area contributed by atoms with Gasteiger partial charge in [0, 0.05) is 32.7 Å². The molecule has 0 spiro atoms. The van der Waals surface area contributed by atoms with Gasteiger partial charge in [-0.1, -0.05) is 0 Å². The van der Waals surface area contributed by atoms with Gasteiger partial charge in [-0.15, -0.1) is 0 Å². The Balaban J connectivity index is 2.01. The summed E-state index contributed by atoms with van der Waals surface area (Å²) in [5.41, 5.74) is 11.0. The maximum atomic E-state index is 10.9. The summed E-state index contributed by atoms with van der Waals surface area (Å²) in [6.07, 6.45) is 2.34. The van der Waals surface area contributed by atoms with E-state index in [0.29, 0.717) is 30.6 Å². The first-order valence-corrected chi connectivity index (χ1v) is 6.74. The first kappa shape index (κ1) is 14.5. The molecular formula is C13H21N5O2. The van der Waals surface area contributed by atoms with Crippen LogP contribution in [0.2, 0.25) is 0 Å². The molecule has 1 fully saturated rings. The fourth-order valence-electron chi connectivity index (χ4n) is 2.51. The second-order valence-corrected chi connectivity index (χ2v) is 5.10. The van der Waals surface area contributed by atoms with Crippen molar-refractivity contribution in [2.24, 2.45) is 11.7 Å². The number of carbonyl (C=O) groups is 1. The van der Waals surface area contributed by atoms with Crippen LogP contribution in [0.4, 0.5) is 11.6 Å². The normalized spacial score (nSPS) is 16.4. The van der Waals surface area contributed by atoms with Gasteiger partial charge in [0.15, 0.2) is 5.82 Å². The summed E-state index contributed by atoms with van der Waals surface area (Å²) in [5, 5.41) is 0. The zero-order valence-electron chi connectivity index (χ0n) is 11.7. The lowest BCUT2D eigenvalue weighted by molar-refractivity contribution is -0.119. The van der Waals surface area contributed by atoms with Crippen LogP contribution in [-0.4, -0.2) is 36.1 Å². The highest BCUT2D eigenvalue weighted by molar-refractivity contribution is 5.74. The highest BCUT2D eigenvalue weighted by Crippen LogP contribution is 2.24. The lowest BCUT2D eigenvalue weighted by Crippen LogP contribution is -2.35. The highest BCUT2D eigenvalue weighted by Gasteiger charge is 2.22. The Kier molecular flexibility index (Phi) is 4.73. The number of piperidine rings is 1. The van der Waals surface area contributed by atoms with Crippen molar-refractivity contribution in [2.75, 3.05) is 30.8 Å². The molecule has 0 aromatic carbocycles. The molecule has 1 saturated heterocycles. The van der Waals surface area contributed by atoms with Gasteiger partial charge in [-0.05, 0) is 18.8 Å². The second-order valence-electron chi connectivity index (χ2n) is 5.10. The molecule has 110 valence electrons. The van der Waals surface area contributed by atoms with Crippen molar-refractivity contribution in [3.63, 3.8) is 0 Å². The lowest BCUT2D eigenvalue weighted by Gasteiger charge is -2.32. The van der Waals surface area contributed by atoms with Gasteiger partial charge in [0.25, 0.3) is 0 Å². The molecule has 0 saturated carbocycles. The Labute approximate surface area is 118 Å². The molecule has 1 aromatic rings. The molecule has 20 heavy (non-hydrogen) atoms. The van der Waals surface area contributed by atoms with Gasteiger partial charge in [-0.25, -0.2) is 9.97 Å². The minimum Gasteiger partial charge on any atom is -0.384 e. The number of nitrogen functional groups attached to an aromatic ring is 1. The van der Waals surface area contributed by atoms with Crippen molar-refractivity contribution in [3.8, 4) is 0 Å². The van der Waals surface area contributed by atoms with Gasteiger partial charge in [0.2, 0.25) is 5.91 Å². The number of primary amides is 1. The lowest BCUT2D eigenvalue weighted by atomic mass is 9.93. The number of nitrogens with zero attached hydrogens (tertiary/aromatic N) is 3. The first-order valence-electron chi connectivity index (χ1n) is 6.74. The quantitative estimate of drug-likeness (QED) is 0.802. The molecule has 1 aliphatic rings. The fraction of sp³-hybridized carbons (Fsp3) is 0.615. The van der Waals surface area contributed by atoms with Gasteiger partial charge in [-0.2, -0.15) is 0 Å². The minimum atomic E-state index is -0.225. The van der Waals surface area contributed by atoms with Crippen molar-refractivity contribution >= 4 is 17.5 Å². The molecule has 0 radical (unpaired) electrons. The molecule has 2 heterocycles.